The summed E-state index contributed by atoms with van der Waals surface area (Å²) in [4.78, 5) is 6.34. The second-order valence-electron chi connectivity index (χ2n) is 4.30. The van der Waals surface area contributed by atoms with E-state index in [-0.39, 0.29) is 6.10 Å². The summed E-state index contributed by atoms with van der Waals surface area (Å²) in [6, 6.07) is 1.71. The molecule has 2 heterocycles. The van der Waals surface area contributed by atoms with E-state index in [1.165, 1.54) is 0 Å². The van der Waals surface area contributed by atoms with Crippen molar-refractivity contribution in [1.29, 1.82) is 0 Å². The first kappa shape index (κ1) is 11.5. The number of nitrogen functional groups attached to an aromatic ring is 1. The fourth-order valence-electron chi connectivity index (χ4n) is 2.09. The first-order valence-corrected chi connectivity index (χ1v) is 5.79. The lowest BCUT2D eigenvalue weighted by Gasteiger charge is -2.20. The second-order valence-corrected chi connectivity index (χ2v) is 4.74. The van der Waals surface area contributed by atoms with Gasteiger partial charge in [-0.2, -0.15) is 0 Å². The molecule has 0 saturated carbocycles. The standard InChI is InChI=1S/C11H16ClN3O/c1-7(16)8-2-3-15(6-8)11-10(13)4-9(12)5-14-11/h4-5,7-8,16H,2-3,6,13H2,1H3. The number of hydrogen-bond donors (Lipinski definition) is 2. The highest BCUT2D eigenvalue weighted by molar-refractivity contribution is 6.30. The molecule has 3 N–H and O–H groups in total. The number of halogens is 1. The number of anilines is 2. The third kappa shape index (κ3) is 2.23. The Bertz CT molecular complexity index is 383. The number of aromatic nitrogens is 1. The molecule has 1 fully saturated rings. The maximum Gasteiger partial charge on any atom is 0.151 e. The summed E-state index contributed by atoms with van der Waals surface area (Å²) in [6.07, 6.45) is 2.29. The maximum absolute atomic E-state index is 9.53. The summed E-state index contributed by atoms with van der Waals surface area (Å²) in [5.74, 6) is 1.07. The quantitative estimate of drug-likeness (QED) is 0.824. The van der Waals surface area contributed by atoms with Gasteiger partial charge in [0.1, 0.15) is 0 Å². The minimum atomic E-state index is -0.279. The van der Waals surface area contributed by atoms with Crippen LogP contribution < -0.4 is 10.6 Å². The van der Waals surface area contributed by atoms with Gasteiger partial charge in [0.2, 0.25) is 0 Å². The summed E-state index contributed by atoms with van der Waals surface area (Å²) < 4.78 is 0. The SMILES string of the molecule is CC(O)C1CCN(c2ncc(Cl)cc2N)C1. The fourth-order valence-corrected chi connectivity index (χ4v) is 2.25. The highest BCUT2D eigenvalue weighted by atomic mass is 35.5. The van der Waals surface area contributed by atoms with Gasteiger partial charge in [0.25, 0.3) is 0 Å². The molecule has 2 atom stereocenters. The molecule has 1 saturated heterocycles. The molecule has 1 aliphatic rings. The molecular weight excluding hydrogens is 226 g/mol. The van der Waals surface area contributed by atoms with E-state index in [1.54, 1.807) is 12.3 Å². The van der Waals surface area contributed by atoms with Gasteiger partial charge >= 0.3 is 0 Å². The molecule has 88 valence electrons. The Morgan fingerprint density at radius 1 is 1.69 bits per heavy atom. The molecular formula is C11H16ClN3O. The molecule has 2 unspecified atom stereocenters. The van der Waals surface area contributed by atoms with E-state index in [2.05, 4.69) is 9.88 Å². The van der Waals surface area contributed by atoms with Crippen LogP contribution in [-0.2, 0) is 0 Å². The molecule has 16 heavy (non-hydrogen) atoms. The van der Waals surface area contributed by atoms with E-state index in [9.17, 15) is 5.11 Å². The molecule has 0 aromatic carbocycles. The number of aliphatic hydroxyl groups is 1. The average molecular weight is 242 g/mol. The lowest BCUT2D eigenvalue weighted by molar-refractivity contribution is 0.136. The zero-order chi connectivity index (χ0) is 11.7. The van der Waals surface area contributed by atoms with Gasteiger partial charge < -0.3 is 15.7 Å². The van der Waals surface area contributed by atoms with E-state index in [0.717, 1.165) is 25.3 Å². The number of pyridine rings is 1. The van der Waals surface area contributed by atoms with E-state index in [0.29, 0.717) is 16.6 Å². The fraction of sp³-hybridized carbons (Fsp3) is 0.545. The largest absolute Gasteiger partial charge is 0.396 e. The highest BCUT2D eigenvalue weighted by Gasteiger charge is 2.27. The summed E-state index contributed by atoms with van der Waals surface area (Å²) in [6.45, 7) is 3.51. The van der Waals surface area contributed by atoms with Gasteiger partial charge in [0, 0.05) is 25.2 Å². The van der Waals surface area contributed by atoms with Crippen LogP contribution in [0, 0.1) is 5.92 Å². The number of aliphatic hydroxyl groups excluding tert-OH is 1. The Hall–Kier alpha value is -1.00. The summed E-state index contributed by atoms with van der Waals surface area (Å²) in [7, 11) is 0. The Kier molecular flexibility index (Phi) is 3.21. The minimum absolute atomic E-state index is 0.279. The minimum Gasteiger partial charge on any atom is -0.396 e. The van der Waals surface area contributed by atoms with Crippen LogP contribution in [0.4, 0.5) is 11.5 Å². The highest BCUT2D eigenvalue weighted by Crippen LogP contribution is 2.29. The molecule has 0 bridgehead atoms. The summed E-state index contributed by atoms with van der Waals surface area (Å²) in [5.41, 5.74) is 6.47. The van der Waals surface area contributed by atoms with Crippen LogP contribution >= 0.6 is 11.6 Å². The van der Waals surface area contributed by atoms with Crippen LogP contribution in [0.15, 0.2) is 12.3 Å². The number of nitrogens with zero attached hydrogens (tertiary/aromatic N) is 2. The molecule has 0 aliphatic carbocycles. The van der Waals surface area contributed by atoms with Crippen molar-refractivity contribution in [2.75, 3.05) is 23.7 Å². The van der Waals surface area contributed by atoms with Crippen LogP contribution in [0.3, 0.4) is 0 Å². The van der Waals surface area contributed by atoms with Gasteiger partial charge in [-0.05, 0) is 19.4 Å². The Morgan fingerprint density at radius 2 is 2.44 bits per heavy atom. The Morgan fingerprint density at radius 3 is 3.00 bits per heavy atom. The van der Waals surface area contributed by atoms with Crippen molar-refractivity contribution in [3.63, 3.8) is 0 Å². The third-order valence-electron chi connectivity index (χ3n) is 3.07. The van der Waals surface area contributed by atoms with Gasteiger partial charge in [0.05, 0.1) is 16.8 Å². The molecule has 4 nitrogen and oxygen atoms in total. The number of rotatable bonds is 2. The number of hydrogen-bond acceptors (Lipinski definition) is 4. The van der Waals surface area contributed by atoms with Crippen LogP contribution in [-0.4, -0.2) is 29.3 Å². The molecule has 0 radical (unpaired) electrons. The van der Waals surface area contributed by atoms with Crippen LogP contribution in [0.2, 0.25) is 5.02 Å². The van der Waals surface area contributed by atoms with Crippen LogP contribution in [0.1, 0.15) is 13.3 Å². The monoisotopic (exact) mass is 241 g/mol. The van der Waals surface area contributed by atoms with Gasteiger partial charge in [-0.15, -0.1) is 0 Å². The van der Waals surface area contributed by atoms with Crippen molar-refractivity contribution in [2.45, 2.75) is 19.4 Å². The van der Waals surface area contributed by atoms with E-state index < -0.39 is 0 Å². The molecule has 2 rings (SSSR count). The van der Waals surface area contributed by atoms with Gasteiger partial charge in [-0.25, -0.2) is 4.98 Å². The summed E-state index contributed by atoms with van der Waals surface area (Å²) in [5, 5.41) is 10.1. The zero-order valence-electron chi connectivity index (χ0n) is 9.23. The second kappa shape index (κ2) is 4.47. The molecule has 1 aromatic rings. The van der Waals surface area contributed by atoms with Gasteiger partial charge in [0.15, 0.2) is 5.82 Å². The van der Waals surface area contributed by atoms with Crippen molar-refractivity contribution in [3.8, 4) is 0 Å². The topological polar surface area (TPSA) is 62.4 Å². The molecule has 0 amide bonds. The third-order valence-corrected chi connectivity index (χ3v) is 3.27. The predicted octanol–water partition coefficient (Wildman–Crippen LogP) is 1.52. The molecule has 0 spiro atoms. The number of nitrogens with two attached hydrogens (primary N) is 1. The first-order valence-electron chi connectivity index (χ1n) is 5.42. The normalized spacial score (nSPS) is 22.4. The van der Waals surface area contributed by atoms with E-state index in [1.807, 2.05) is 6.92 Å². The Balaban J connectivity index is 2.14. The lowest BCUT2D eigenvalue weighted by atomic mass is 10.0. The molecule has 1 aromatic heterocycles. The van der Waals surface area contributed by atoms with Crippen molar-refractivity contribution in [3.05, 3.63) is 17.3 Å². The summed E-state index contributed by atoms with van der Waals surface area (Å²) >= 11 is 5.80. The first-order chi connectivity index (χ1) is 7.58. The maximum atomic E-state index is 9.53. The average Bonchev–Trinajstić information content (AvgIpc) is 2.66. The molecule has 5 heteroatoms. The predicted molar refractivity (Wildman–Crippen MR) is 65.7 cm³/mol. The van der Waals surface area contributed by atoms with Crippen molar-refractivity contribution < 1.29 is 5.11 Å². The molecule has 1 aliphatic heterocycles. The van der Waals surface area contributed by atoms with E-state index in [4.69, 9.17) is 17.3 Å². The van der Waals surface area contributed by atoms with Crippen molar-refractivity contribution in [2.24, 2.45) is 5.92 Å². The van der Waals surface area contributed by atoms with Crippen molar-refractivity contribution >= 4 is 23.1 Å². The zero-order valence-corrected chi connectivity index (χ0v) is 9.98. The smallest absolute Gasteiger partial charge is 0.151 e. The van der Waals surface area contributed by atoms with E-state index >= 15 is 0 Å². The van der Waals surface area contributed by atoms with Gasteiger partial charge in [-0.3, -0.25) is 0 Å². The lowest BCUT2D eigenvalue weighted by Crippen LogP contribution is -2.25. The van der Waals surface area contributed by atoms with Crippen molar-refractivity contribution in [1.82, 2.24) is 4.98 Å². The Labute approximate surface area is 100 Å². The van der Waals surface area contributed by atoms with Crippen LogP contribution in [0.5, 0.6) is 0 Å². The van der Waals surface area contributed by atoms with Gasteiger partial charge in [-0.1, -0.05) is 11.6 Å². The van der Waals surface area contributed by atoms with Crippen LogP contribution in [0.25, 0.3) is 0 Å².